The van der Waals surface area contributed by atoms with Gasteiger partial charge in [-0.15, -0.1) is 16.8 Å². The Hall–Kier alpha value is -6.04. The zero-order chi connectivity index (χ0) is 65.4. The van der Waals surface area contributed by atoms with Crippen LogP contribution in [-0.2, 0) is 92.3 Å². The number of hydrogen-bond donors (Lipinski definition) is 2. The van der Waals surface area contributed by atoms with Gasteiger partial charge in [0.05, 0.1) is 83.2 Å². The first kappa shape index (κ1) is 72.0. The molecule has 2 N–H and O–H groups in total. The molecule has 1 aromatic rings. The number of thioether (sulfide) groups is 1. The molecule has 0 aromatic heterocycles. The predicted octanol–water partition coefficient (Wildman–Crippen LogP) is 4.74. The lowest BCUT2D eigenvalue weighted by molar-refractivity contribution is -0.198. The molecule has 9 atom stereocenters. The van der Waals surface area contributed by atoms with E-state index in [4.69, 9.17) is 59.1 Å². The van der Waals surface area contributed by atoms with Gasteiger partial charge in [-0.05, 0) is 57.7 Å². The number of anilines is 1. The number of benzene rings is 1. The fourth-order valence-electron chi connectivity index (χ4n) is 10.7. The highest BCUT2D eigenvalue weighted by Gasteiger charge is 2.64. The highest BCUT2D eigenvalue weighted by molar-refractivity contribution is 8.02. The van der Waals surface area contributed by atoms with Crippen molar-refractivity contribution in [1.29, 1.82) is 0 Å². The van der Waals surface area contributed by atoms with Crippen molar-refractivity contribution in [1.82, 2.24) is 20.2 Å². The Morgan fingerprint density at radius 1 is 0.888 bits per heavy atom. The minimum absolute atomic E-state index is 0.00498. The zero-order valence-corrected chi connectivity index (χ0v) is 54.0. The quantitative estimate of drug-likeness (QED) is 0.0455. The van der Waals surface area contributed by atoms with Gasteiger partial charge in [0.25, 0.3) is 11.8 Å². The third kappa shape index (κ3) is 20.0. The molecule has 6 rings (SSSR count). The summed E-state index contributed by atoms with van der Waals surface area (Å²) < 4.78 is 50.6. The van der Waals surface area contributed by atoms with E-state index >= 15 is 0 Å². The summed E-state index contributed by atoms with van der Waals surface area (Å²) in [6.45, 7) is 12.5. The molecule has 4 saturated heterocycles. The van der Waals surface area contributed by atoms with Crippen molar-refractivity contribution in [2.45, 2.75) is 170 Å². The molecule has 0 aliphatic carbocycles. The van der Waals surface area contributed by atoms with Gasteiger partial charge in [-0.2, -0.15) is 0 Å². The lowest BCUT2D eigenvalue weighted by Gasteiger charge is -2.42. The standard InChI is InChI=1S/C61H86ClN5O21S/c1-37-13-11-15-46(80-10)61(78)36-44(85-58(77)63-61)38(2)55-60(6,87-55)47(35-51(72)65(8)42-32-40(31-37)33-43(79-9)54(42)62)86-57(76)39(3)64(7)48(69)18-21-59(4,5)89-45-34-52(73)66(56(45)75)22-19-41(68)14-12-23-81-25-27-83-29-30-84-28-26-82-24-20-53(74)88-67-49(70)16-17-50(67)71/h11,13,15,32-33,38-39,44-47,55,78H,12,14,16-31,34-36H2,1-10H3,(H,63,77)/b15-11+,37-13+/t38-,39+,44+,45?,46-,47+,55+,60+,61+/m1/s1. The number of methoxy groups -OCH3 is 2. The van der Waals surface area contributed by atoms with Gasteiger partial charge in [-0.3, -0.25) is 43.8 Å². The topological polar surface area (TPSA) is 312 Å². The number of carbonyl (C=O) groups is 10. The Morgan fingerprint density at radius 2 is 1.53 bits per heavy atom. The van der Waals surface area contributed by atoms with E-state index in [1.807, 2.05) is 26.8 Å². The first-order valence-electron chi connectivity index (χ1n) is 29.9. The first-order valence-corrected chi connectivity index (χ1v) is 31.1. The van der Waals surface area contributed by atoms with Crippen LogP contribution >= 0.6 is 23.4 Å². The summed E-state index contributed by atoms with van der Waals surface area (Å²) in [5, 5.41) is 14.3. The van der Waals surface area contributed by atoms with E-state index in [2.05, 4.69) is 5.32 Å². The second-order valence-electron chi connectivity index (χ2n) is 23.5. The number of likely N-dealkylation sites (tertiary alicyclic amines) is 1. The van der Waals surface area contributed by atoms with Gasteiger partial charge in [0, 0.05) is 90.0 Å². The minimum atomic E-state index is -1.90. The number of likely N-dealkylation sites (N-methyl/N-ethyl adjacent to an activating group) is 1. The summed E-state index contributed by atoms with van der Waals surface area (Å²) >= 11 is 8.11. The van der Waals surface area contributed by atoms with Crippen LogP contribution in [0.15, 0.2) is 35.9 Å². The van der Waals surface area contributed by atoms with E-state index in [1.165, 1.54) is 49.8 Å². The summed E-state index contributed by atoms with van der Waals surface area (Å²) in [4.78, 5) is 138. The number of imide groups is 2. The first-order chi connectivity index (χ1) is 42.1. The third-order valence-corrected chi connectivity index (χ3v) is 18.1. The molecule has 0 radical (unpaired) electrons. The van der Waals surface area contributed by atoms with Crippen LogP contribution in [0.1, 0.15) is 118 Å². The molecule has 0 saturated carbocycles. The number of nitrogens with one attached hydrogen (secondary N) is 1. The number of carbonyl (C=O) groups excluding carboxylic acids is 10. The Labute approximate surface area is 528 Å². The number of rotatable bonds is 30. The summed E-state index contributed by atoms with van der Waals surface area (Å²) in [7, 11) is 5.87. The Morgan fingerprint density at radius 3 is 2.17 bits per heavy atom. The van der Waals surface area contributed by atoms with Gasteiger partial charge < -0.3 is 62.4 Å². The summed E-state index contributed by atoms with van der Waals surface area (Å²) in [5.74, 6) is -4.81. The molecule has 5 aliphatic heterocycles. The van der Waals surface area contributed by atoms with Crippen LogP contribution in [0.5, 0.6) is 5.75 Å². The molecule has 28 heteroatoms. The van der Waals surface area contributed by atoms with E-state index in [0.717, 1.165) is 16.0 Å². The predicted molar refractivity (Wildman–Crippen MR) is 321 cm³/mol. The maximum atomic E-state index is 14.4. The number of Topliss-reactive ketones (excluding diaryl/α,β-unsaturated/α-hetero) is 1. The number of epoxide rings is 1. The number of hydrogen-bond acceptors (Lipinski definition) is 22. The van der Waals surface area contributed by atoms with Gasteiger partial charge >= 0.3 is 18.0 Å². The molecule has 5 aliphatic rings. The highest BCUT2D eigenvalue weighted by Crippen LogP contribution is 2.49. The molecule has 7 amide bonds. The monoisotopic (exact) mass is 1290 g/mol. The average molecular weight is 1290 g/mol. The molecular formula is C61H86ClN5O21S. The second-order valence-corrected chi connectivity index (χ2v) is 25.8. The second kappa shape index (κ2) is 32.8. The SMILES string of the molecule is COc1cc2cc(c1Cl)N(C)C(=O)C[C@H](OC(=O)[C@H](C)N(C)C(=O)CCC(C)(C)SC1CC(=O)N(CCC(=O)CCCOCCOCCOCCOCCC(=O)ON3C(=O)CCC3=O)C1=O)[C@]1(C)O[C@H]1[C@H](C)[C@@H]1C[C@@](O)(NC(=O)O1)[C@H](OC)/C=C/C=C(\C)C2. The smallest absolute Gasteiger partial charge is 0.409 e. The Balaban J connectivity index is 0.929. The van der Waals surface area contributed by atoms with Crippen LogP contribution in [-0.4, -0.2) is 219 Å². The lowest BCUT2D eigenvalue weighted by atomic mass is 9.83. The van der Waals surface area contributed by atoms with Crippen molar-refractivity contribution in [3.8, 4) is 5.75 Å². The van der Waals surface area contributed by atoms with Crippen LogP contribution in [0.2, 0.25) is 5.02 Å². The van der Waals surface area contributed by atoms with Crippen molar-refractivity contribution in [3.63, 3.8) is 0 Å². The third-order valence-electron chi connectivity index (χ3n) is 16.3. The van der Waals surface area contributed by atoms with E-state index in [1.54, 1.807) is 45.2 Å². The number of ether oxygens (including phenoxy) is 9. The largest absolute Gasteiger partial charge is 0.495 e. The van der Waals surface area contributed by atoms with Gasteiger partial charge in [0.2, 0.25) is 23.6 Å². The average Bonchev–Trinajstić information content (AvgIpc) is 1.60. The molecular weight excluding hydrogens is 1210 g/mol. The molecule has 4 fully saturated rings. The van der Waals surface area contributed by atoms with Crippen LogP contribution in [0.4, 0.5) is 10.5 Å². The van der Waals surface area contributed by atoms with Gasteiger partial charge in [-0.1, -0.05) is 56.2 Å². The maximum absolute atomic E-state index is 14.4. The van der Waals surface area contributed by atoms with Crippen molar-refractivity contribution < 1.29 is 101 Å². The van der Waals surface area contributed by atoms with E-state index in [-0.39, 0.29) is 101 Å². The Kier molecular flexibility index (Phi) is 26.6. The van der Waals surface area contributed by atoms with Crippen LogP contribution in [0.25, 0.3) is 0 Å². The maximum Gasteiger partial charge on any atom is 0.409 e. The molecule has 1 aromatic carbocycles. The van der Waals surface area contributed by atoms with Crippen molar-refractivity contribution >= 4 is 88.3 Å². The zero-order valence-electron chi connectivity index (χ0n) is 52.5. The summed E-state index contributed by atoms with van der Waals surface area (Å²) in [5.41, 5.74) is -1.24. The number of alkyl carbamates (subject to hydrolysis) is 1. The number of fused-ring (bicyclic) bond motifs is 5. The van der Waals surface area contributed by atoms with E-state index < -0.39 is 112 Å². The number of amides is 7. The molecule has 0 spiro atoms. The molecule has 5 heterocycles. The fourth-order valence-corrected chi connectivity index (χ4v) is 12.4. The van der Waals surface area contributed by atoms with E-state index in [0.29, 0.717) is 62.4 Å². The number of aliphatic hydroxyl groups is 1. The Bertz CT molecular complexity index is 2800. The summed E-state index contributed by atoms with van der Waals surface area (Å²) in [6, 6.07) is 2.37. The number of nitrogens with zero attached hydrogens (tertiary/aromatic N) is 4. The van der Waals surface area contributed by atoms with Gasteiger partial charge in [-0.25, -0.2) is 14.4 Å². The molecule has 89 heavy (non-hydrogen) atoms. The van der Waals surface area contributed by atoms with Crippen LogP contribution < -0.4 is 15.0 Å². The van der Waals surface area contributed by atoms with Crippen molar-refractivity contribution in [2.75, 3.05) is 92.6 Å². The number of allylic oxidation sites excluding steroid dienone is 3. The van der Waals surface area contributed by atoms with Gasteiger partial charge in [0.1, 0.15) is 46.5 Å². The summed E-state index contributed by atoms with van der Waals surface area (Å²) in [6.07, 6.45) is 0.945. The number of halogens is 1. The lowest BCUT2D eigenvalue weighted by Crippen LogP contribution is -2.63. The van der Waals surface area contributed by atoms with Crippen molar-refractivity contribution in [3.05, 3.63) is 46.5 Å². The number of ketones is 1. The van der Waals surface area contributed by atoms with Gasteiger partial charge in [0.15, 0.2) is 5.72 Å². The van der Waals surface area contributed by atoms with Crippen LogP contribution in [0, 0.1) is 5.92 Å². The molecule has 494 valence electrons. The highest BCUT2D eigenvalue weighted by atomic mass is 35.5. The molecule has 1 unspecified atom stereocenters. The van der Waals surface area contributed by atoms with Crippen LogP contribution in [0.3, 0.4) is 0 Å². The minimum Gasteiger partial charge on any atom is -0.495 e. The molecule has 26 nitrogen and oxygen atoms in total. The van der Waals surface area contributed by atoms with Crippen molar-refractivity contribution in [2.24, 2.45) is 5.92 Å². The number of hydroxylamine groups is 2. The fraction of sp³-hybridized carbons (Fsp3) is 0.672. The van der Waals surface area contributed by atoms with E-state index in [9.17, 15) is 53.1 Å². The molecule has 4 bridgehead atoms. The number of esters is 1. The normalized spacial score (nSPS) is 26.2.